The number of hydrogen-bond acceptors (Lipinski definition) is 3. The molecule has 100 valence electrons. The van der Waals surface area contributed by atoms with Crippen molar-refractivity contribution in [2.45, 2.75) is 64.5 Å². The van der Waals surface area contributed by atoms with Gasteiger partial charge < -0.3 is 15.4 Å². The van der Waals surface area contributed by atoms with E-state index in [1.54, 1.807) is 0 Å². The maximum Gasteiger partial charge on any atom is 0.407 e. The van der Waals surface area contributed by atoms with E-state index in [-0.39, 0.29) is 11.6 Å². The Morgan fingerprint density at radius 2 is 2.18 bits per heavy atom. The molecular formula is C13H26N2O2. The van der Waals surface area contributed by atoms with Gasteiger partial charge in [-0.3, -0.25) is 0 Å². The minimum absolute atomic E-state index is 0.273. The predicted molar refractivity (Wildman–Crippen MR) is 69.1 cm³/mol. The van der Waals surface area contributed by atoms with Gasteiger partial charge in [-0.05, 0) is 59.9 Å². The molecule has 0 aromatic heterocycles. The lowest BCUT2D eigenvalue weighted by molar-refractivity contribution is 0.0526. The minimum Gasteiger partial charge on any atom is -0.444 e. The number of alkyl carbamates (subject to hydrolysis) is 1. The van der Waals surface area contributed by atoms with Gasteiger partial charge >= 0.3 is 6.09 Å². The summed E-state index contributed by atoms with van der Waals surface area (Å²) in [4.78, 5) is 11.4. The molecule has 4 heteroatoms. The van der Waals surface area contributed by atoms with Gasteiger partial charge in [-0.15, -0.1) is 0 Å². The summed E-state index contributed by atoms with van der Waals surface area (Å²) in [5, 5.41) is 6.31. The molecule has 1 aliphatic heterocycles. The lowest BCUT2D eigenvalue weighted by Crippen LogP contribution is -2.38. The Kier molecular flexibility index (Phi) is 4.80. The Hall–Kier alpha value is -0.770. The summed E-state index contributed by atoms with van der Waals surface area (Å²) in [6, 6.07) is 0. The van der Waals surface area contributed by atoms with E-state index in [1.807, 2.05) is 20.8 Å². The van der Waals surface area contributed by atoms with E-state index < -0.39 is 5.60 Å². The van der Waals surface area contributed by atoms with E-state index in [0.29, 0.717) is 6.54 Å². The maximum absolute atomic E-state index is 11.4. The van der Waals surface area contributed by atoms with Crippen LogP contribution in [-0.2, 0) is 4.74 Å². The molecule has 0 aromatic carbocycles. The van der Waals surface area contributed by atoms with Gasteiger partial charge in [0.2, 0.25) is 0 Å². The third-order valence-corrected chi connectivity index (χ3v) is 3.03. The first-order valence-electron chi connectivity index (χ1n) is 6.53. The molecule has 4 nitrogen and oxygen atoms in total. The zero-order valence-electron chi connectivity index (χ0n) is 11.6. The number of nitrogens with one attached hydrogen (secondary N) is 2. The van der Waals surface area contributed by atoms with E-state index in [1.165, 1.54) is 12.8 Å². The van der Waals surface area contributed by atoms with Gasteiger partial charge in [-0.1, -0.05) is 0 Å². The van der Waals surface area contributed by atoms with Crippen LogP contribution < -0.4 is 10.6 Å². The van der Waals surface area contributed by atoms with E-state index in [9.17, 15) is 4.79 Å². The Balaban J connectivity index is 2.10. The van der Waals surface area contributed by atoms with Gasteiger partial charge in [-0.2, -0.15) is 0 Å². The summed E-state index contributed by atoms with van der Waals surface area (Å²) in [7, 11) is 0. The zero-order chi connectivity index (χ0) is 12.9. The summed E-state index contributed by atoms with van der Waals surface area (Å²) >= 11 is 0. The standard InChI is InChI=1S/C13H26N2O2/c1-12(2,3)17-11(16)14-9-5-7-13(4)8-6-10-15-13/h15H,5-10H2,1-4H3,(H,14,16)/t13-/m1/s1. The van der Waals surface area contributed by atoms with Crippen LogP contribution in [0.4, 0.5) is 4.79 Å². The number of rotatable bonds is 4. The Labute approximate surface area is 104 Å². The van der Waals surface area contributed by atoms with Crippen molar-refractivity contribution in [3.05, 3.63) is 0 Å². The van der Waals surface area contributed by atoms with Gasteiger partial charge in [0.15, 0.2) is 0 Å². The van der Waals surface area contributed by atoms with Crippen LogP contribution in [0.5, 0.6) is 0 Å². The number of carbonyl (C=O) groups excluding carboxylic acids is 1. The molecule has 0 unspecified atom stereocenters. The lowest BCUT2D eigenvalue weighted by Gasteiger charge is -2.24. The van der Waals surface area contributed by atoms with Crippen LogP contribution in [0.1, 0.15) is 53.4 Å². The molecular weight excluding hydrogens is 216 g/mol. The number of carbonyl (C=O) groups is 1. The fourth-order valence-electron chi connectivity index (χ4n) is 2.15. The van der Waals surface area contributed by atoms with Crippen LogP contribution in [0.2, 0.25) is 0 Å². The third-order valence-electron chi connectivity index (χ3n) is 3.03. The van der Waals surface area contributed by atoms with Crippen molar-refractivity contribution < 1.29 is 9.53 Å². The van der Waals surface area contributed by atoms with Crippen molar-refractivity contribution in [3.63, 3.8) is 0 Å². The van der Waals surface area contributed by atoms with Crippen LogP contribution in [0.3, 0.4) is 0 Å². The SMILES string of the molecule is CC(C)(C)OC(=O)NCCC[C@]1(C)CCCN1. The molecule has 1 fully saturated rings. The van der Waals surface area contributed by atoms with Crippen molar-refractivity contribution in [1.82, 2.24) is 10.6 Å². The van der Waals surface area contributed by atoms with Crippen LogP contribution in [-0.4, -0.2) is 30.3 Å². The van der Waals surface area contributed by atoms with E-state index in [2.05, 4.69) is 17.6 Å². The van der Waals surface area contributed by atoms with Gasteiger partial charge in [0, 0.05) is 12.1 Å². The quantitative estimate of drug-likeness (QED) is 0.744. The molecule has 1 saturated heterocycles. The summed E-state index contributed by atoms with van der Waals surface area (Å²) in [6.45, 7) is 9.68. The highest BCUT2D eigenvalue weighted by Crippen LogP contribution is 2.23. The van der Waals surface area contributed by atoms with Gasteiger partial charge in [0.1, 0.15) is 5.60 Å². The first-order valence-corrected chi connectivity index (χ1v) is 6.53. The molecule has 0 bridgehead atoms. The van der Waals surface area contributed by atoms with Crippen molar-refractivity contribution in [2.24, 2.45) is 0 Å². The summed E-state index contributed by atoms with van der Waals surface area (Å²) in [5.74, 6) is 0. The van der Waals surface area contributed by atoms with E-state index in [0.717, 1.165) is 19.4 Å². The molecule has 0 aromatic rings. The highest BCUT2D eigenvalue weighted by molar-refractivity contribution is 5.67. The first kappa shape index (κ1) is 14.3. The minimum atomic E-state index is -0.414. The van der Waals surface area contributed by atoms with E-state index >= 15 is 0 Å². The van der Waals surface area contributed by atoms with Crippen LogP contribution >= 0.6 is 0 Å². The first-order chi connectivity index (χ1) is 7.81. The average Bonchev–Trinajstić information content (AvgIpc) is 2.58. The van der Waals surface area contributed by atoms with Gasteiger partial charge in [-0.25, -0.2) is 4.79 Å². The molecule has 0 aliphatic carbocycles. The number of amides is 1. The fraction of sp³-hybridized carbons (Fsp3) is 0.923. The Morgan fingerprint density at radius 1 is 1.47 bits per heavy atom. The van der Waals surface area contributed by atoms with Gasteiger partial charge in [0.25, 0.3) is 0 Å². The van der Waals surface area contributed by atoms with Crippen molar-refractivity contribution in [2.75, 3.05) is 13.1 Å². The molecule has 1 heterocycles. The smallest absolute Gasteiger partial charge is 0.407 e. The van der Waals surface area contributed by atoms with Gasteiger partial charge in [0.05, 0.1) is 0 Å². The molecule has 0 saturated carbocycles. The second kappa shape index (κ2) is 5.71. The fourth-order valence-corrected chi connectivity index (χ4v) is 2.15. The lowest BCUT2D eigenvalue weighted by atomic mass is 9.94. The maximum atomic E-state index is 11.4. The molecule has 0 radical (unpaired) electrons. The largest absolute Gasteiger partial charge is 0.444 e. The van der Waals surface area contributed by atoms with Crippen LogP contribution in [0, 0.1) is 0 Å². The third kappa shape index (κ3) is 5.91. The molecule has 17 heavy (non-hydrogen) atoms. The van der Waals surface area contributed by atoms with Crippen molar-refractivity contribution in [3.8, 4) is 0 Å². The van der Waals surface area contributed by atoms with Crippen LogP contribution in [0.15, 0.2) is 0 Å². The second-order valence-electron chi connectivity index (χ2n) is 6.12. The zero-order valence-corrected chi connectivity index (χ0v) is 11.6. The molecule has 2 N–H and O–H groups in total. The number of hydrogen-bond donors (Lipinski definition) is 2. The average molecular weight is 242 g/mol. The topological polar surface area (TPSA) is 50.4 Å². The predicted octanol–water partition coefficient (Wildman–Crippen LogP) is 2.43. The summed E-state index contributed by atoms with van der Waals surface area (Å²) in [6.07, 6.45) is 4.27. The van der Waals surface area contributed by atoms with Crippen LogP contribution in [0.25, 0.3) is 0 Å². The van der Waals surface area contributed by atoms with E-state index in [4.69, 9.17) is 4.74 Å². The second-order valence-corrected chi connectivity index (χ2v) is 6.12. The normalized spacial score (nSPS) is 24.7. The highest BCUT2D eigenvalue weighted by Gasteiger charge is 2.27. The molecule has 0 spiro atoms. The highest BCUT2D eigenvalue weighted by atomic mass is 16.6. The summed E-state index contributed by atoms with van der Waals surface area (Å²) in [5.41, 5.74) is -0.140. The monoisotopic (exact) mass is 242 g/mol. The molecule has 1 atom stereocenters. The Bertz CT molecular complexity index is 253. The molecule has 1 amide bonds. The van der Waals surface area contributed by atoms with Crippen molar-refractivity contribution >= 4 is 6.09 Å². The Morgan fingerprint density at radius 3 is 2.71 bits per heavy atom. The number of ether oxygens (including phenoxy) is 1. The van der Waals surface area contributed by atoms with Crippen molar-refractivity contribution in [1.29, 1.82) is 0 Å². The summed E-state index contributed by atoms with van der Waals surface area (Å²) < 4.78 is 5.17. The molecule has 1 rings (SSSR count). The molecule has 1 aliphatic rings.